The van der Waals surface area contributed by atoms with Gasteiger partial charge in [-0.2, -0.15) is 0 Å². The summed E-state index contributed by atoms with van der Waals surface area (Å²) < 4.78 is 7.24. The molecule has 2 aliphatic rings. The van der Waals surface area contributed by atoms with Crippen molar-refractivity contribution < 1.29 is 9.53 Å². The number of hydrogen-bond acceptors (Lipinski definition) is 4. The van der Waals surface area contributed by atoms with E-state index in [1.54, 1.807) is 11.8 Å². The van der Waals surface area contributed by atoms with Gasteiger partial charge < -0.3 is 10.1 Å². The molecule has 1 atom stereocenters. The van der Waals surface area contributed by atoms with Crippen LogP contribution in [0.2, 0.25) is 0 Å². The first-order chi connectivity index (χ1) is 10.1. The number of H-pyrrole nitrogens is 1. The lowest BCUT2D eigenvalue weighted by Crippen LogP contribution is -2.24. The topological polar surface area (TPSA) is 76.1 Å². The van der Waals surface area contributed by atoms with Crippen LogP contribution in [0.3, 0.4) is 0 Å². The predicted molar refractivity (Wildman–Crippen MR) is 82.8 cm³/mol. The summed E-state index contributed by atoms with van der Waals surface area (Å²) in [4.78, 5) is 24.4. The second kappa shape index (κ2) is 5.88. The minimum Gasteiger partial charge on any atom is -0.381 e. The summed E-state index contributed by atoms with van der Waals surface area (Å²) in [5, 5.41) is 5.91. The van der Waals surface area contributed by atoms with E-state index < -0.39 is 0 Å². The Balaban J connectivity index is 2.06. The van der Waals surface area contributed by atoms with Gasteiger partial charge in [0.2, 0.25) is 5.91 Å². The van der Waals surface area contributed by atoms with Crippen molar-refractivity contribution in [2.75, 3.05) is 24.3 Å². The van der Waals surface area contributed by atoms with Crippen LogP contribution < -0.4 is 10.9 Å². The normalized spacial score (nSPS) is 23.8. The van der Waals surface area contributed by atoms with Crippen LogP contribution >= 0.6 is 11.8 Å². The minimum absolute atomic E-state index is 0.0378. The molecule has 0 saturated carbocycles. The van der Waals surface area contributed by atoms with Gasteiger partial charge in [-0.25, -0.2) is 0 Å². The van der Waals surface area contributed by atoms with Crippen LogP contribution in [-0.2, 0) is 9.53 Å². The summed E-state index contributed by atoms with van der Waals surface area (Å²) >= 11 is 1.55. The Morgan fingerprint density at radius 3 is 2.67 bits per heavy atom. The zero-order valence-corrected chi connectivity index (χ0v) is 13.2. The fourth-order valence-corrected chi connectivity index (χ4v) is 4.19. The highest BCUT2D eigenvalue weighted by Gasteiger charge is 2.32. The molecule has 3 heterocycles. The maximum absolute atomic E-state index is 12.4. The Labute approximate surface area is 127 Å². The number of ether oxygens (including phenoxy) is 1. The van der Waals surface area contributed by atoms with E-state index in [0.29, 0.717) is 36.3 Å². The molecule has 0 bridgehead atoms. The molecule has 1 amide bonds. The predicted octanol–water partition coefficient (Wildman–Crippen LogP) is 1.91. The minimum atomic E-state index is -0.0788. The van der Waals surface area contributed by atoms with E-state index in [4.69, 9.17) is 4.74 Å². The number of anilines is 1. The number of carbonyl (C=O) groups excluding carboxylic acids is 1. The van der Waals surface area contributed by atoms with Gasteiger partial charge in [0.05, 0.1) is 17.4 Å². The molecule has 3 rings (SSSR count). The molecule has 6 nitrogen and oxygen atoms in total. The molecular weight excluding hydrogens is 290 g/mol. The number of thioether (sulfide) groups is 1. The number of fused-ring (bicyclic) bond motifs is 1. The summed E-state index contributed by atoms with van der Waals surface area (Å²) in [5.41, 5.74) is 0.636. The highest BCUT2D eigenvalue weighted by molar-refractivity contribution is 8.00. The Kier molecular flexibility index (Phi) is 4.12. The molecule has 0 radical (unpaired) electrons. The fourth-order valence-electron chi connectivity index (χ4n) is 3.01. The number of aromatic amines is 1. The number of rotatable bonds is 2. The van der Waals surface area contributed by atoms with E-state index in [9.17, 15) is 9.59 Å². The van der Waals surface area contributed by atoms with Gasteiger partial charge >= 0.3 is 0 Å². The summed E-state index contributed by atoms with van der Waals surface area (Å²) in [7, 11) is 0. The molecule has 2 aliphatic heterocycles. The molecule has 1 saturated heterocycles. The Morgan fingerprint density at radius 1 is 1.29 bits per heavy atom. The van der Waals surface area contributed by atoms with Crippen LogP contribution in [0, 0.1) is 5.92 Å². The van der Waals surface area contributed by atoms with Crippen molar-refractivity contribution in [2.24, 2.45) is 5.92 Å². The number of nitrogens with one attached hydrogen (secondary N) is 2. The zero-order chi connectivity index (χ0) is 15.0. The van der Waals surface area contributed by atoms with Crippen molar-refractivity contribution in [2.45, 2.75) is 38.0 Å². The lowest BCUT2D eigenvalue weighted by molar-refractivity contribution is -0.113. The lowest BCUT2D eigenvalue weighted by atomic mass is 10.0. The van der Waals surface area contributed by atoms with E-state index in [1.807, 2.05) is 4.68 Å². The molecule has 0 aromatic carbocycles. The van der Waals surface area contributed by atoms with E-state index in [0.717, 1.165) is 12.8 Å². The first kappa shape index (κ1) is 14.7. The second-order valence-corrected chi connectivity index (χ2v) is 7.07. The van der Waals surface area contributed by atoms with Gasteiger partial charge in [0, 0.05) is 18.5 Å². The molecule has 1 fully saturated rings. The molecule has 7 heteroatoms. The molecule has 2 N–H and O–H groups in total. The van der Waals surface area contributed by atoms with Crippen molar-refractivity contribution in [3.8, 4) is 0 Å². The van der Waals surface area contributed by atoms with Gasteiger partial charge in [-0.15, -0.1) is 11.8 Å². The van der Waals surface area contributed by atoms with Gasteiger partial charge in [-0.05, 0) is 18.8 Å². The van der Waals surface area contributed by atoms with Gasteiger partial charge in [0.25, 0.3) is 5.56 Å². The van der Waals surface area contributed by atoms with Crippen molar-refractivity contribution >= 4 is 23.5 Å². The maximum atomic E-state index is 12.4. The van der Waals surface area contributed by atoms with Crippen LogP contribution in [0.15, 0.2) is 4.79 Å². The van der Waals surface area contributed by atoms with E-state index in [-0.39, 0.29) is 22.8 Å². The number of aromatic nitrogens is 2. The molecule has 0 aliphatic carbocycles. The zero-order valence-electron chi connectivity index (χ0n) is 12.3. The second-order valence-electron chi connectivity index (χ2n) is 5.94. The Morgan fingerprint density at radius 2 is 2.00 bits per heavy atom. The Hall–Kier alpha value is -1.21. The van der Waals surface area contributed by atoms with Gasteiger partial charge in [-0.3, -0.25) is 19.4 Å². The lowest BCUT2D eigenvalue weighted by Gasteiger charge is -2.25. The van der Waals surface area contributed by atoms with Crippen LogP contribution in [0.25, 0.3) is 0 Å². The van der Waals surface area contributed by atoms with E-state index >= 15 is 0 Å². The summed E-state index contributed by atoms with van der Waals surface area (Å²) in [6.07, 6.45) is 1.71. The monoisotopic (exact) mass is 311 g/mol. The first-order valence-electron chi connectivity index (χ1n) is 7.41. The molecule has 0 unspecified atom stereocenters. The highest BCUT2D eigenvalue weighted by atomic mass is 32.2. The van der Waals surface area contributed by atoms with Gasteiger partial charge in [-0.1, -0.05) is 13.8 Å². The number of nitrogens with zero attached hydrogens (tertiary/aromatic N) is 1. The molecular formula is C14H21N3O3S. The third-order valence-corrected chi connectivity index (χ3v) is 5.63. The summed E-state index contributed by atoms with van der Waals surface area (Å²) in [6.45, 7) is 5.55. The molecule has 1 aromatic heterocycles. The van der Waals surface area contributed by atoms with Crippen molar-refractivity contribution in [3.63, 3.8) is 0 Å². The molecule has 0 spiro atoms. The average molecular weight is 311 g/mol. The average Bonchev–Trinajstić information content (AvgIpc) is 2.67. The number of amides is 1. The molecule has 116 valence electrons. The summed E-state index contributed by atoms with van der Waals surface area (Å²) in [6, 6.07) is 0.186. The van der Waals surface area contributed by atoms with Crippen LogP contribution in [-0.4, -0.2) is 34.7 Å². The SMILES string of the molecule is CC(C)[C@@H]1SCC(=O)Nc2c1c(=O)[nH]n2C1CCOCC1. The van der Waals surface area contributed by atoms with Crippen molar-refractivity contribution in [1.29, 1.82) is 0 Å². The van der Waals surface area contributed by atoms with E-state index in [1.165, 1.54) is 0 Å². The van der Waals surface area contributed by atoms with Crippen LogP contribution in [0.5, 0.6) is 0 Å². The quantitative estimate of drug-likeness (QED) is 0.875. The van der Waals surface area contributed by atoms with E-state index in [2.05, 4.69) is 24.3 Å². The summed E-state index contributed by atoms with van der Waals surface area (Å²) in [5.74, 6) is 1.32. The number of hydrogen-bond donors (Lipinski definition) is 2. The van der Waals surface area contributed by atoms with Crippen LogP contribution in [0.4, 0.5) is 5.82 Å². The third-order valence-electron chi connectivity index (χ3n) is 4.06. The first-order valence-corrected chi connectivity index (χ1v) is 8.46. The smallest absolute Gasteiger partial charge is 0.270 e. The largest absolute Gasteiger partial charge is 0.381 e. The van der Waals surface area contributed by atoms with Crippen molar-refractivity contribution in [3.05, 3.63) is 15.9 Å². The molecule has 21 heavy (non-hydrogen) atoms. The standard InChI is InChI=1S/C14H21N3O3S/c1-8(2)12-11-13(15-10(18)7-21-12)17(16-14(11)19)9-3-5-20-6-4-9/h8-9,12H,3-7H2,1-2H3,(H,15,18)(H,16,19)/t12-/m0/s1. The van der Waals surface area contributed by atoms with Crippen molar-refractivity contribution in [1.82, 2.24) is 9.78 Å². The Bertz CT molecular complexity index is 587. The number of carbonyl (C=O) groups is 1. The van der Waals surface area contributed by atoms with Gasteiger partial charge in [0.1, 0.15) is 5.82 Å². The van der Waals surface area contributed by atoms with Gasteiger partial charge in [0.15, 0.2) is 0 Å². The molecule has 1 aromatic rings. The highest BCUT2D eigenvalue weighted by Crippen LogP contribution is 2.40. The third kappa shape index (κ3) is 2.76. The maximum Gasteiger partial charge on any atom is 0.270 e. The fraction of sp³-hybridized carbons (Fsp3) is 0.714. The van der Waals surface area contributed by atoms with Crippen LogP contribution in [0.1, 0.15) is 43.5 Å².